The Balaban J connectivity index is 3.32. The predicted octanol–water partition coefficient (Wildman–Crippen LogP) is 2.66. The molecule has 0 saturated heterocycles. The first-order valence-corrected chi connectivity index (χ1v) is 7.51. The predicted molar refractivity (Wildman–Crippen MR) is 75.8 cm³/mol. The van der Waals surface area contributed by atoms with Crippen LogP contribution in [0.1, 0.15) is 65.2 Å². The molecule has 0 aliphatic carbocycles. The summed E-state index contributed by atoms with van der Waals surface area (Å²) < 4.78 is 4.88. The maximum absolute atomic E-state index is 11.3. The van der Waals surface area contributed by atoms with Crippen LogP contribution in [0.4, 0.5) is 0 Å². The standard InChI is InChI=1S/C15H30O4/c1-13(2)9-7-5-3-4-6-8-10-15(18)19-14(11-16)12-17/h13-14,16-17H,3-12H2,1-2H3. The Bertz CT molecular complexity index is 212. The van der Waals surface area contributed by atoms with Crippen LogP contribution in [0.25, 0.3) is 0 Å². The molecule has 0 spiro atoms. The number of hydrogen-bond acceptors (Lipinski definition) is 4. The summed E-state index contributed by atoms with van der Waals surface area (Å²) in [5, 5.41) is 17.5. The van der Waals surface area contributed by atoms with E-state index in [9.17, 15) is 4.79 Å². The van der Waals surface area contributed by atoms with Gasteiger partial charge in [0.05, 0.1) is 13.2 Å². The van der Waals surface area contributed by atoms with E-state index in [1.165, 1.54) is 25.7 Å². The Morgan fingerprint density at radius 1 is 0.947 bits per heavy atom. The van der Waals surface area contributed by atoms with Gasteiger partial charge in [0.2, 0.25) is 0 Å². The molecule has 2 N–H and O–H groups in total. The van der Waals surface area contributed by atoms with Crippen molar-refractivity contribution < 1.29 is 19.7 Å². The van der Waals surface area contributed by atoms with Gasteiger partial charge in [-0.3, -0.25) is 4.79 Å². The van der Waals surface area contributed by atoms with Crippen LogP contribution in [0.5, 0.6) is 0 Å². The topological polar surface area (TPSA) is 66.8 Å². The SMILES string of the molecule is CC(C)CCCCCCCCC(=O)OC(CO)CO. The zero-order valence-corrected chi connectivity index (χ0v) is 12.4. The third kappa shape index (κ3) is 12.2. The molecular weight excluding hydrogens is 244 g/mol. The van der Waals surface area contributed by atoms with Crippen molar-refractivity contribution in [2.45, 2.75) is 71.3 Å². The second kappa shape index (κ2) is 12.4. The van der Waals surface area contributed by atoms with Crippen LogP contribution in [-0.2, 0) is 9.53 Å². The Morgan fingerprint density at radius 3 is 2.00 bits per heavy atom. The van der Waals surface area contributed by atoms with Crippen molar-refractivity contribution >= 4 is 5.97 Å². The van der Waals surface area contributed by atoms with Crippen molar-refractivity contribution in [1.29, 1.82) is 0 Å². The van der Waals surface area contributed by atoms with E-state index in [1.807, 2.05) is 0 Å². The fourth-order valence-electron chi connectivity index (χ4n) is 1.91. The number of carbonyl (C=O) groups excluding carboxylic acids is 1. The van der Waals surface area contributed by atoms with Gasteiger partial charge in [-0.25, -0.2) is 0 Å². The highest BCUT2D eigenvalue weighted by molar-refractivity contribution is 5.69. The molecule has 19 heavy (non-hydrogen) atoms. The van der Waals surface area contributed by atoms with E-state index in [1.54, 1.807) is 0 Å². The summed E-state index contributed by atoms with van der Waals surface area (Å²) >= 11 is 0. The van der Waals surface area contributed by atoms with Crippen molar-refractivity contribution in [2.75, 3.05) is 13.2 Å². The number of esters is 1. The van der Waals surface area contributed by atoms with Crippen LogP contribution in [0.15, 0.2) is 0 Å². The number of rotatable bonds is 12. The van der Waals surface area contributed by atoms with Gasteiger partial charge >= 0.3 is 5.97 Å². The van der Waals surface area contributed by atoms with Crippen LogP contribution in [0.3, 0.4) is 0 Å². The molecule has 0 atom stereocenters. The van der Waals surface area contributed by atoms with Crippen LogP contribution in [-0.4, -0.2) is 35.5 Å². The van der Waals surface area contributed by atoms with Gasteiger partial charge in [-0.05, 0) is 12.3 Å². The lowest BCUT2D eigenvalue weighted by molar-refractivity contribution is -0.153. The van der Waals surface area contributed by atoms with Crippen LogP contribution in [0, 0.1) is 5.92 Å². The fourth-order valence-corrected chi connectivity index (χ4v) is 1.91. The molecule has 0 radical (unpaired) electrons. The molecule has 0 aromatic carbocycles. The van der Waals surface area contributed by atoms with Crippen LogP contribution in [0.2, 0.25) is 0 Å². The largest absolute Gasteiger partial charge is 0.457 e. The number of hydrogen-bond donors (Lipinski definition) is 2. The number of aliphatic hydroxyl groups is 2. The van der Waals surface area contributed by atoms with Gasteiger partial charge in [-0.15, -0.1) is 0 Å². The van der Waals surface area contributed by atoms with Gasteiger partial charge in [0.1, 0.15) is 6.10 Å². The van der Waals surface area contributed by atoms with Crippen LogP contribution < -0.4 is 0 Å². The quantitative estimate of drug-likeness (QED) is 0.424. The van der Waals surface area contributed by atoms with Gasteiger partial charge in [-0.1, -0.05) is 52.4 Å². The molecule has 0 bridgehead atoms. The Hall–Kier alpha value is -0.610. The van der Waals surface area contributed by atoms with E-state index in [-0.39, 0.29) is 19.2 Å². The summed E-state index contributed by atoms with van der Waals surface area (Å²) in [4.78, 5) is 11.3. The first-order chi connectivity index (χ1) is 9.10. The summed E-state index contributed by atoms with van der Waals surface area (Å²) in [7, 11) is 0. The summed E-state index contributed by atoms with van der Waals surface area (Å²) in [5.41, 5.74) is 0. The van der Waals surface area contributed by atoms with Crippen molar-refractivity contribution in [3.8, 4) is 0 Å². The molecule has 4 nitrogen and oxygen atoms in total. The van der Waals surface area contributed by atoms with E-state index in [0.29, 0.717) is 6.42 Å². The van der Waals surface area contributed by atoms with E-state index in [0.717, 1.165) is 25.2 Å². The minimum absolute atomic E-state index is 0.321. The third-order valence-corrected chi connectivity index (χ3v) is 3.12. The second-order valence-electron chi connectivity index (χ2n) is 5.53. The summed E-state index contributed by atoms with van der Waals surface area (Å²) in [6.45, 7) is 3.85. The van der Waals surface area contributed by atoms with Crippen LogP contribution >= 0.6 is 0 Å². The van der Waals surface area contributed by atoms with E-state index in [2.05, 4.69) is 13.8 Å². The van der Waals surface area contributed by atoms with Crippen molar-refractivity contribution in [2.24, 2.45) is 5.92 Å². The maximum Gasteiger partial charge on any atom is 0.306 e. The monoisotopic (exact) mass is 274 g/mol. The molecule has 0 amide bonds. The number of ether oxygens (including phenoxy) is 1. The number of aliphatic hydroxyl groups excluding tert-OH is 2. The minimum Gasteiger partial charge on any atom is -0.457 e. The maximum atomic E-state index is 11.3. The molecule has 0 aromatic rings. The first kappa shape index (κ1) is 18.4. The minimum atomic E-state index is -0.761. The van der Waals surface area contributed by atoms with Gasteiger partial charge < -0.3 is 14.9 Å². The molecule has 0 unspecified atom stereocenters. The molecular formula is C15H30O4. The van der Waals surface area contributed by atoms with E-state index in [4.69, 9.17) is 14.9 Å². The molecule has 0 aromatic heterocycles. The zero-order chi connectivity index (χ0) is 14.5. The normalized spacial score (nSPS) is 11.3. The summed E-state index contributed by atoms with van der Waals surface area (Å²) in [5.74, 6) is 0.466. The van der Waals surface area contributed by atoms with E-state index < -0.39 is 6.10 Å². The Morgan fingerprint density at radius 2 is 1.47 bits per heavy atom. The number of carbonyl (C=O) groups is 1. The molecule has 114 valence electrons. The Labute approximate surface area is 117 Å². The highest BCUT2D eigenvalue weighted by Crippen LogP contribution is 2.12. The van der Waals surface area contributed by atoms with Crippen molar-refractivity contribution in [3.05, 3.63) is 0 Å². The van der Waals surface area contributed by atoms with Gasteiger partial charge in [-0.2, -0.15) is 0 Å². The molecule has 0 rings (SSSR count). The molecule has 0 saturated carbocycles. The third-order valence-electron chi connectivity index (χ3n) is 3.12. The lowest BCUT2D eigenvalue weighted by atomic mass is 10.0. The fraction of sp³-hybridized carbons (Fsp3) is 0.933. The average molecular weight is 274 g/mol. The highest BCUT2D eigenvalue weighted by atomic mass is 16.6. The lowest BCUT2D eigenvalue weighted by Crippen LogP contribution is -2.25. The smallest absolute Gasteiger partial charge is 0.306 e. The van der Waals surface area contributed by atoms with Crippen molar-refractivity contribution in [3.63, 3.8) is 0 Å². The first-order valence-electron chi connectivity index (χ1n) is 7.51. The van der Waals surface area contributed by atoms with Crippen molar-refractivity contribution in [1.82, 2.24) is 0 Å². The number of unbranched alkanes of at least 4 members (excludes halogenated alkanes) is 5. The molecule has 0 fully saturated rings. The average Bonchev–Trinajstić information content (AvgIpc) is 2.38. The van der Waals surface area contributed by atoms with E-state index >= 15 is 0 Å². The molecule has 0 heterocycles. The molecule has 4 heteroatoms. The van der Waals surface area contributed by atoms with Gasteiger partial charge in [0.15, 0.2) is 0 Å². The highest BCUT2D eigenvalue weighted by Gasteiger charge is 2.11. The summed E-state index contributed by atoms with van der Waals surface area (Å²) in [6, 6.07) is 0. The van der Waals surface area contributed by atoms with Gasteiger partial charge in [0, 0.05) is 6.42 Å². The molecule has 0 aliphatic heterocycles. The second-order valence-corrected chi connectivity index (χ2v) is 5.53. The van der Waals surface area contributed by atoms with Gasteiger partial charge in [0.25, 0.3) is 0 Å². The lowest BCUT2D eigenvalue weighted by Gasteiger charge is -2.12. The zero-order valence-electron chi connectivity index (χ0n) is 12.4. The molecule has 0 aliphatic rings. The Kier molecular flexibility index (Phi) is 12.0. The summed E-state index contributed by atoms with van der Waals surface area (Å²) in [6.07, 6.45) is 7.76.